The van der Waals surface area contributed by atoms with E-state index >= 15 is 0 Å². The first-order valence-corrected chi connectivity index (χ1v) is 19.1. The number of hydrogen-bond acceptors (Lipinski definition) is 10. The fraction of sp³-hybridized carbons (Fsp3) is 0.528. The number of primary amides is 1. The van der Waals surface area contributed by atoms with Crippen molar-refractivity contribution < 1.29 is 35.9 Å². The van der Waals surface area contributed by atoms with E-state index in [9.17, 15) is 31.2 Å². The average molecular weight is 759 g/mol. The Balaban J connectivity index is 1.39. The van der Waals surface area contributed by atoms with Crippen LogP contribution in [-0.2, 0) is 14.8 Å². The maximum Gasteiger partial charge on any atom is 0.394 e. The molecule has 3 aromatic rings. The van der Waals surface area contributed by atoms with Crippen LogP contribution < -0.4 is 20.3 Å². The van der Waals surface area contributed by atoms with Gasteiger partial charge in [-0.15, -0.1) is 11.7 Å². The number of amides is 2. The number of rotatable bonds is 10. The van der Waals surface area contributed by atoms with Crippen LogP contribution in [0.2, 0.25) is 0 Å². The van der Waals surface area contributed by atoms with Crippen LogP contribution in [0.4, 0.5) is 24.8 Å². The number of carbonyl (C=O) groups excluding carboxylic acids is 2. The largest absolute Gasteiger partial charge is 0.477 e. The molecule has 4 bridgehead atoms. The fourth-order valence-corrected chi connectivity index (χ4v) is 8.54. The molecule has 2 atom stereocenters. The van der Waals surface area contributed by atoms with Crippen LogP contribution in [0.3, 0.4) is 0 Å². The Morgan fingerprint density at radius 2 is 1.89 bits per heavy atom. The number of hydrogen-bond donors (Lipinski definition) is 1. The second-order valence-electron chi connectivity index (χ2n) is 14.8. The van der Waals surface area contributed by atoms with Crippen LogP contribution in [0, 0.1) is 17.3 Å². The number of carbonyl (C=O) groups is 2. The zero-order valence-electron chi connectivity index (χ0n) is 30.1. The van der Waals surface area contributed by atoms with Gasteiger partial charge in [0.05, 0.1) is 24.1 Å². The zero-order valence-corrected chi connectivity index (χ0v) is 30.9. The Kier molecular flexibility index (Phi) is 10.3. The molecule has 2 amide bonds. The topological polar surface area (TPSA) is 157 Å². The summed E-state index contributed by atoms with van der Waals surface area (Å²) in [6.45, 7) is 10.7. The molecule has 3 aromatic heterocycles. The molecule has 0 spiro atoms. The van der Waals surface area contributed by atoms with Crippen molar-refractivity contribution in [2.24, 2.45) is 23.0 Å². The highest BCUT2D eigenvalue weighted by Gasteiger charge is 2.62. The minimum Gasteiger partial charge on any atom is -0.477 e. The molecule has 2 N–H and O–H groups in total. The minimum absolute atomic E-state index is 0.0418. The van der Waals surface area contributed by atoms with E-state index in [4.69, 9.17) is 15.5 Å². The van der Waals surface area contributed by atoms with Crippen molar-refractivity contribution in [3.8, 4) is 11.7 Å². The molecule has 1 saturated carbocycles. The minimum atomic E-state index is -4.53. The van der Waals surface area contributed by atoms with Crippen LogP contribution >= 0.6 is 0 Å². The van der Waals surface area contributed by atoms with E-state index in [0.717, 1.165) is 10.7 Å². The summed E-state index contributed by atoms with van der Waals surface area (Å²) in [5, 5.41) is 4.05. The van der Waals surface area contributed by atoms with Crippen molar-refractivity contribution >= 4 is 33.5 Å². The molecule has 2 fully saturated rings. The number of anilines is 2. The number of ether oxygens (including phenoxy) is 1. The Bertz CT molecular complexity index is 1980. The van der Waals surface area contributed by atoms with Gasteiger partial charge >= 0.3 is 6.18 Å². The van der Waals surface area contributed by atoms with Crippen molar-refractivity contribution in [2.75, 3.05) is 42.6 Å². The van der Waals surface area contributed by atoms with Gasteiger partial charge in [0.25, 0.3) is 15.9 Å². The van der Waals surface area contributed by atoms with E-state index in [1.165, 1.54) is 35.0 Å². The second kappa shape index (κ2) is 14.3. The zero-order chi connectivity index (χ0) is 38.3. The number of sulfonamides is 1. The molecular weight excluding hydrogens is 714 g/mol. The maximum atomic E-state index is 14.5. The van der Waals surface area contributed by atoms with Gasteiger partial charge in [-0.25, -0.2) is 19.0 Å². The lowest BCUT2D eigenvalue weighted by Gasteiger charge is -2.34. The SMILES string of the molecule is C=CCN1C(=O)c2ccc(-n3ccc(OCCC4(C(F)(F)F)CC4)n3)nc2N2C[C@H](CC2(C)C)[C@@H](C)CCN(CCC(N)=O)c2cccc(n2)S1(=O)=O. The number of aromatic nitrogens is 4. The number of nitrogens with two attached hydrogens (primary N) is 1. The summed E-state index contributed by atoms with van der Waals surface area (Å²) >= 11 is 0. The van der Waals surface area contributed by atoms with Gasteiger partial charge in [0.15, 0.2) is 10.8 Å². The highest BCUT2D eigenvalue weighted by atomic mass is 32.2. The summed E-state index contributed by atoms with van der Waals surface area (Å²) in [7, 11) is -4.53. The Hall–Kier alpha value is -4.67. The van der Waals surface area contributed by atoms with Gasteiger partial charge < -0.3 is 20.3 Å². The normalized spacial score (nSPS) is 22.1. The second-order valence-corrected chi connectivity index (χ2v) is 16.6. The Labute approximate surface area is 307 Å². The van der Waals surface area contributed by atoms with Gasteiger partial charge in [-0.1, -0.05) is 19.1 Å². The monoisotopic (exact) mass is 758 g/mol. The smallest absolute Gasteiger partial charge is 0.394 e. The highest BCUT2D eigenvalue weighted by molar-refractivity contribution is 7.89. The van der Waals surface area contributed by atoms with E-state index < -0.39 is 39.0 Å². The summed E-state index contributed by atoms with van der Waals surface area (Å²) in [5.41, 5.74) is 3.32. The van der Waals surface area contributed by atoms with Crippen LogP contribution in [-0.4, -0.2) is 88.8 Å². The van der Waals surface area contributed by atoms with E-state index in [1.54, 1.807) is 18.3 Å². The molecular formula is C36H45F3N8O5S. The summed E-state index contributed by atoms with van der Waals surface area (Å²) < 4.78 is 76.4. The molecule has 6 rings (SSSR count). The molecule has 0 unspecified atom stereocenters. The van der Waals surface area contributed by atoms with E-state index in [2.05, 4.69) is 23.6 Å². The highest BCUT2D eigenvalue weighted by Crippen LogP contribution is 2.59. The van der Waals surface area contributed by atoms with Gasteiger partial charge in [-0.05, 0) is 82.1 Å². The van der Waals surface area contributed by atoms with Crippen molar-refractivity contribution in [1.29, 1.82) is 0 Å². The molecule has 286 valence electrons. The van der Waals surface area contributed by atoms with Crippen LogP contribution in [0.15, 0.2) is 60.3 Å². The van der Waals surface area contributed by atoms with Gasteiger partial charge in [0.2, 0.25) is 11.8 Å². The average Bonchev–Trinajstić information content (AvgIpc) is 3.64. The summed E-state index contributed by atoms with van der Waals surface area (Å²) in [6.07, 6.45) is 0.100. The summed E-state index contributed by atoms with van der Waals surface area (Å²) in [6, 6.07) is 9.10. The molecule has 0 radical (unpaired) electrons. The first kappa shape index (κ1) is 38.1. The van der Waals surface area contributed by atoms with Crippen LogP contribution in [0.25, 0.3) is 5.82 Å². The Morgan fingerprint density at radius 3 is 2.57 bits per heavy atom. The summed E-state index contributed by atoms with van der Waals surface area (Å²) in [4.78, 5) is 39.5. The van der Waals surface area contributed by atoms with Gasteiger partial charge in [-0.3, -0.25) is 9.59 Å². The third kappa shape index (κ3) is 7.71. The molecule has 13 nitrogen and oxygen atoms in total. The standard InChI is InChI=1S/C36H45F3N8O5S/c1-5-17-47-33(49)26-9-10-29(46-20-13-30(43-46)52-21-16-35(14-15-35)36(37,38)39)42-32(26)45-23-25(22-34(45,3)4)24(2)11-18-44(19-12-27(40)48)28-7-6-8-31(41-28)53(47,50)51/h5-10,13,20,24-25H,1,11-12,14-19,21-23H2,2-4H3,(H2,40,48)/t24-,25-/m0/s1. The van der Waals surface area contributed by atoms with Crippen LogP contribution in [0.1, 0.15) is 69.7 Å². The molecule has 5 heterocycles. The number of halogens is 3. The lowest BCUT2D eigenvalue weighted by Crippen LogP contribution is -2.42. The van der Waals surface area contributed by atoms with Gasteiger partial charge in [0, 0.05) is 43.9 Å². The van der Waals surface area contributed by atoms with E-state index in [1.807, 2.05) is 23.6 Å². The van der Waals surface area contributed by atoms with Crippen molar-refractivity contribution in [1.82, 2.24) is 24.1 Å². The number of alkyl halides is 3. The maximum absolute atomic E-state index is 14.5. The summed E-state index contributed by atoms with van der Waals surface area (Å²) in [5.74, 6) is 0.0189. The van der Waals surface area contributed by atoms with E-state index in [0.29, 0.717) is 31.1 Å². The number of fused-ring (bicyclic) bond motifs is 6. The molecule has 3 aliphatic rings. The van der Waals surface area contributed by atoms with Crippen molar-refractivity contribution in [3.05, 3.63) is 60.8 Å². The lowest BCUT2D eigenvalue weighted by atomic mass is 9.86. The third-order valence-corrected chi connectivity index (χ3v) is 12.4. The van der Waals surface area contributed by atoms with E-state index in [-0.39, 0.29) is 79.5 Å². The quantitative estimate of drug-likeness (QED) is 0.276. The predicted molar refractivity (Wildman–Crippen MR) is 191 cm³/mol. The third-order valence-electron chi connectivity index (χ3n) is 10.7. The molecule has 53 heavy (non-hydrogen) atoms. The molecule has 17 heteroatoms. The first-order valence-electron chi connectivity index (χ1n) is 17.7. The lowest BCUT2D eigenvalue weighted by molar-refractivity contribution is -0.190. The van der Waals surface area contributed by atoms with Crippen LogP contribution in [0.5, 0.6) is 5.88 Å². The molecule has 1 saturated heterocycles. The Morgan fingerprint density at radius 1 is 1.13 bits per heavy atom. The first-order chi connectivity index (χ1) is 25.0. The van der Waals surface area contributed by atoms with Crippen molar-refractivity contribution in [3.63, 3.8) is 0 Å². The predicted octanol–water partition coefficient (Wildman–Crippen LogP) is 5.12. The van der Waals surface area contributed by atoms with Gasteiger partial charge in [0.1, 0.15) is 11.6 Å². The fourth-order valence-electron chi connectivity index (χ4n) is 7.24. The number of nitrogens with zero attached hydrogens (tertiary/aromatic N) is 7. The number of pyridine rings is 2. The van der Waals surface area contributed by atoms with Crippen molar-refractivity contribution in [2.45, 2.75) is 76.0 Å². The molecule has 2 aliphatic heterocycles. The molecule has 1 aliphatic carbocycles. The van der Waals surface area contributed by atoms with Gasteiger partial charge in [-0.2, -0.15) is 21.6 Å². The molecule has 0 aromatic carbocycles.